The van der Waals surface area contributed by atoms with E-state index >= 15 is 0 Å². The molecule has 9 heteroatoms. The van der Waals surface area contributed by atoms with Gasteiger partial charge in [0, 0.05) is 18.8 Å². The molecule has 0 atom stereocenters. The Balaban J connectivity index is 1.72. The quantitative estimate of drug-likeness (QED) is 0.726. The highest BCUT2D eigenvalue weighted by molar-refractivity contribution is 6.32. The maximum Gasteiger partial charge on any atom is 0.230 e. The average molecular weight is 414 g/mol. The minimum Gasteiger partial charge on any atom is -0.495 e. The first-order valence-corrected chi connectivity index (χ1v) is 9.28. The topological polar surface area (TPSA) is 100 Å². The maximum atomic E-state index is 12.4. The number of aromatic nitrogens is 2. The number of carbonyl (C=O) groups is 1. The number of anilines is 1. The van der Waals surface area contributed by atoms with E-state index in [0.29, 0.717) is 46.7 Å². The molecule has 0 bridgehead atoms. The Morgan fingerprint density at radius 2 is 2.07 bits per heavy atom. The summed E-state index contributed by atoms with van der Waals surface area (Å²) in [5.74, 6) is 1.08. The predicted octanol–water partition coefficient (Wildman–Crippen LogP) is 2.90. The second kappa shape index (κ2) is 9.26. The van der Waals surface area contributed by atoms with Crippen molar-refractivity contribution in [1.82, 2.24) is 14.9 Å². The smallest absolute Gasteiger partial charge is 0.230 e. The number of carbonyl (C=O) groups excluding carboxylic acids is 1. The summed E-state index contributed by atoms with van der Waals surface area (Å²) in [4.78, 5) is 22.6. The van der Waals surface area contributed by atoms with Gasteiger partial charge in [0.25, 0.3) is 0 Å². The second-order valence-corrected chi connectivity index (χ2v) is 6.77. The zero-order valence-corrected chi connectivity index (χ0v) is 16.9. The van der Waals surface area contributed by atoms with Gasteiger partial charge in [0.2, 0.25) is 5.91 Å². The summed E-state index contributed by atoms with van der Waals surface area (Å²) < 4.78 is 10.6. The van der Waals surface area contributed by atoms with Crippen LogP contribution in [0.1, 0.15) is 17.7 Å². The fraction of sp³-hybridized carbons (Fsp3) is 0.300. The first-order chi connectivity index (χ1) is 14.0. The highest BCUT2D eigenvalue weighted by Crippen LogP contribution is 2.28. The molecule has 0 spiro atoms. The molecule has 2 aromatic heterocycles. The standard InChI is InChI=1S/C20H20ClN5O3/c1-28-16-8-18(23-10-15(16)21)25-19(27)7-13-6-17(29-2)20(24-9-13)14-4-3-5-26(11-14)12-22/h4,6,8-10H,3,5,7,11H2,1-2H3,(H,23,25,27). The molecule has 0 unspecified atom stereocenters. The van der Waals surface area contributed by atoms with Crippen molar-refractivity contribution in [2.24, 2.45) is 0 Å². The number of rotatable bonds is 6. The van der Waals surface area contributed by atoms with Crippen molar-refractivity contribution in [3.63, 3.8) is 0 Å². The zero-order valence-electron chi connectivity index (χ0n) is 16.1. The summed E-state index contributed by atoms with van der Waals surface area (Å²) >= 11 is 5.95. The van der Waals surface area contributed by atoms with Crippen molar-refractivity contribution in [2.75, 3.05) is 32.6 Å². The summed E-state index contributed by atoms with van der Waals surface area (Å²) in [6.07, 6.45) is 8.14. The summed E-state index contributed by atoms with van der Waals surface area (Å²) in [5.41, 5.74) is 2.31. The summed E-state index contributed by atoms with van der Waals surface area (Å²) in [6, 6.07) is 3.34. The van der Waals surface area contributed by atoms with Gasteiger partial charge in [-0.05, 0) is 23.6 Å². The van der Waals surface area contributed by atoms with Gasteiger partial charge in [0.05, 0.1) is 33.4 Å². The van der Waals surface area contributed by atoms with Gasteiger partial charge in [-0.15, -0.1) is 0 Å². The predicted molar refractivity (Wildman–Crippen MR) is 109 cm³/mol. The number of nitrogens with one attached hydrogen (secondary N) is 1. The molecule has 1 N–H and O–H groups in total. The van der Waals surface area contributed by atoms with E-state index in [1.807, 2.05) is 0 Å². The van der Waals surface area contributed by atoms with Gasteiger partial charge in [-0.2, -0.15) is 5.26 Å². The largest absolute Gasteiger partial charge is 0.495 e. The summed E-state index contributed by atoms with van der Waals surface area (Å²) in [5, 5.41) is 12.2. The molecule has 8 nitrogen and oxygen atoms in total. The van der Waals surface area contributed by atoms with Gasteiger partial charge in [-0.3, -0.25) is 9.78 Å². The Labute approximate surface area is 173 Å². The third-order valence-electron chi connectivity index (χ3n) is 4.40. The molecule has 29 heavy (non-hydrogen) atoms. The van der Waals surface area contributed by atoms with Crippen LogP contribution >= 0.6 is 11.6 Å². The number of amides is 1. The van der Waals surface area contributed by atoms with Crippen LogP contribution in [0.25, 0.3) is 5.57 Å². The van der Waals surface area contributed by atoms with Crippen molar-refractivity contribution in [3.8, 4) is 17.7 Å². The van der Waals surface area contributed by atoms with E-state index < -0.39 is 0 Å². The fourth-order valence-electron chi connectivity index (χ4n) is 3.00. The number of pyridine rings is 2. The van der Waals surface area contributed by atoms with Crippen LogP contribution in [0.4, 0.5) is 5.82 Å². The lowest BCUT2D eigenvalue weighted by atomic mass is 10.0. The minimum atomic E-state index is -0.258. The number of hydrogen-bond donors (Lipinski definition) is 1. The van der Waals surface area contributed by atoms with Crippen LogP contribution in [0.3, 0.4) is 0 Å². The zero-order chi connectivity index (χ0) is 20.8. The van der Waals surface area contributed by atoms with Crippen molar-refractivity contribution >= 4 is 28.9 Å². The molecule has 3 rings (SSSR count). The Hall–Kier alpha value is -3.31. The number of nitrogens with zero attached hydrogens (tertiary/aromatic N) is 4. The highest BCUT2D eigenvalue weighted by atomic mass is 35.5. The van der Waals surface area contributed by atoms with E-state index in [4.69, 9.17) is 26.3 Å². The van der Waals surface area contributed by atoms with Gasteiger partial charge >= 0.3 is 0 Å². The molecule has 0 saturated carbocycles. The molecule has 150 valence electrons. The van der Waals surface area contributed by atoms with Crippen LogP contribution in [0.2, 0.25) is 5.02 Å². The number of methoxy groups -OCH3 is 2. The third-order valence-corrected chi connectivity index (χ3v) is 4.68. The van der Waals surface area contributed by atoms with E-state index in [2.05, 4.69) is 27.6 Å². The van der Waals surface area contributed by atoms with Crippen molar-refractivity contribution in [2.45, 2.75) is 12.8 Å². The van der Waals surface area contributed by atoms with E-state index in [1.165, 1.54) is 13.3 Å². The molecule has 2 aromatic rings. The Bertz CT molecular complexity index is 987. The Morgan fingerprint density at radius 1 is 1.28 bits per heavy atom. The average Bonchev–Trinajstić information content (AvgIpc) is 2.74. The fourth-order valence-corrected chi connectivity index (χ4v) is 3.18. The minimum absolute atomic E-state index is 0.0969. The van der Waals surface area contributed by atoms with Crippen LogP contribution in [0, 0.1) is 11.5 Å². The lowest BCUT2D eigenvalue weighted by molar-refractivity contribution is -0.115. The monoisotopic (exact) mass is 413 g/mol. The molecule has 1 aliphatic rings. The molecular weight excluding hydrogens is 394 g/mol. The number of nitriles is 1. The maximum absolute atomic E-state index is 12.4. The Morgan fingerprint density at radius 3 is 2.79 bits per heavy atom. The second-order valence-electron chi connectivity index (χ2n) is 6.36. The van der Waals surface area contributed by atoms with Gasteiger partial charge in [-0.25, -0.2) is 4.98 Å². The van der Waals surface area contributed by atoms with Crippen molar-refractivity contribution in [3.05, 3.63) is 46.9 Å². The molecule has 0 radical (unpaired) electrons. The SMILES string of the molecule is COc1cc(NC(=O)Cc2cnc(C3=CCCN(C#N)C3)c(OC)c2)ncc1Cl. The first-order valence-electron chi connectivity index (χ1n) is 8.90. The Kier molecular flexibility index (Phi) is 6.52. The number of ether oxygens (including phenoxy) is 2. The van der Waals surface area contributed by atoms with E-state index in [-0.39, 0.29) is 12.3 Å². The van der Waals surface area contributed by atoms with Crippen LogP contribution < -0.4 is 14.8 Å². The van der Waals surface area contributed by atoms with Crippen LogP contribution in [-0.4, -0.2) is 48.1 Å². The molecular formula is C20H20ClN5O3. The lowest BCUT2D eigenvalue weighted by Gasteiger charge is -2.22. The van der Waals surface area contributed by atoms with Gasteiger partial charge < -0.3 is 19.7 Å². The van der Waals surface area contributed by atoms with E-state index in [1.54, 1.807) is 30.3 Å². The summed E-state index contributed by atoms with van der Waals surface area (Å²) in [7, 11) is 3.05. The van der Waals surface area contributed by atoms with Crippen LogP contribution in [-0.2, 0) is 11.2 Å². The normalized spacial score (nSPS) is 13.3. The van der Waals surface area contributed by atoms with Gasteiger partial charge in [-0.1, -0.05) is 17.7 Å². The molecule has 0 fully saturated rings. The van der Waals surface area contributed by atoms with E-state index in [9.17, 15) is 4.79 Å². The molecule has 3 heterocycles. The van der Waals surface area contributed by atoms with Crippen LogP contribution in [0.5, 0.6) is 11.5 Å². The molecule has 0 saturated heterocycles. The van der Waals surface area contributed by atoms with E-state index in [0.717, 1.165) is 12.0 Å². The third kappa shape index (κ3) is 4.95. The number of hydrogen-bond acceptors (Lipinski definition) is 7. The molecule has 1 amide bonds. The van der Waals surface area contributed by atoms with Crippen molar-refractivity contribution < 1.29 is 14.3 Å². The first kappa shape index (κ1) is 20.4. The summed E-state index contributed by atoms with van der Waals surface area (Å²) in [6.45, 7) is 1.19. The van der Waals surface area contributed by atoms with Crippen LogP contribution in [0.15, 0.2) is 30.6 Å². The number of halogens is 1. The van der Waals surface area contributed by atoms with Gasteiger partial charge in [0.15, 0.2) is 6.19 Å². The highest BCUT2D eigenvalue weighted by Gasteiger charge is 2.18. The lowest BCUT2D eigenvalue weighted by Crippen LogP contribution is -2.25. The molecule has 1 aliphatic heterocycles. The molecule has 0 aromatic carbocycles. The molecule has 0 aliphatic carbocycles. The van der Waals surface area contributed by atoms with Gasteiger partial charge in [0.1, 0.15) is 28.0 Å². The van der Waals surface area contributed by atoms with Crippen molar-refractivity contribution in [1.29, 1.82) is 5.26 Å².